The summed E-state index contributed by atoms with van der Waals surface area (Å²) >= 11 is 0. The van der Waals surface area contributed by atoms with Gasteiger partial charge in [0.15, 0.2) is 0 Å². The Balaban J connectivity index is 2.30. The molecule has 0 aromatic heterocycles. The molecule has 0 aliphatic carbocycles. The first-order valence-corrected chi connectivity index (χ1v) is 6.19. The molecule has 0 saturated carbocycles. The minimum atomic E-state index is -0.484. The number of nitrogens with one attached hydrogen (secondary N) is 1. The lowest BCUT2D eigenvalue weighted by atomic mass is 10.1. The molecule has 0 spiro atoms. The number of likely N-dealkylation sites (tertiary alicyclic amines) is 1. The van der Waals surface area contributed by atoms with Crippen LogP contribution in [0.1, 0.15) is 34.1 Å². The normalized spacial score (nSPS) is 15.9. The average molecular weight is 254 g/mol. The van der Waals surface area contributed by atoms with Gasteiger partial charge in [-0.2, -0.15) is 0 Å². The molecule has 0 radical (unpaired) electrons. The molecule has 1 rings (SSSR count). The first-order valence-electron chi connectivity index (χ1n) is 6.19. The van der Waals surface area contributed by atoms with Gasteiger partial charge < -0.3 is 15.0 Å². The second kappa shape index (κ2) is 5.42. The molecule has 5 nitrogen and oxygen atoms in total. The van der Waals surface area contributed by atoms with E-state index in [9.17, 15) is 9.59 Å². The van der Waals surface area contributed by atoms with Crippen molar-refractivity contribution in [2.24, 2.45) is 0 Å². The number of hydrogen-bond acceptors (Lipinski definition) is 3. The zero-order chi connectivity index (χ0) is 13.9. The second-order valence-electron chi connectivity index (χ2n) is 5.51. The third kappa shape index (κ3) is 4.05. The van der Waals surface area contributed by atoms with E-state index in [1.807, 2.05) is 27.7 Å². The van der Waals surface area contributed by atoms with E-state index in [2.05, 4.69) is 11.9 Å². The maximum absolute atomic E-state index is 11.6. The topological polar surface area (TPSA) is 58.6 Å². The Morgan fingerprint density at radius 2 is 1.94 bits per heavy atom. The number of rotatable bonds is 3. The van der Waals surface area contributed by atoms with Crippen molar-refractivity contribution in [2.75, 3.05) is 13.1 Å². The molecule has 2 amide bonds. The molecule has 1 saturated heterocycles. The van der Waals surface area contributed by atoms with Crippen LogP contribution in [0.2, 0.25) is 0 Å². The van der Waals surface area contributed by atoms with E-state index in [-0.39, 0.29) is 18.0 Å². The Labute approximate surface area is 108 Å². The van der Waals surface area contributed by atoms with Crippen LogP contribution >= 0.6 is 0 Å². The first-order chi connectivity index (χ1) is 8.23. The zero-order valence-corrected chi connectivity index (χ0v) is 11.6. The van der Waals surface area contributed by atoms with Crippen LogP contribution in [0.3, 0.4) is 0 Å². The highest BCUT2D eigenvalue weighted by Crippen LogP contribution is 2.15. The summed E-state index contributed by atoms with van der Waals surface area (Å²) in [7, 11) is 0. The van der Waals surface area contributed by atoms with E-state index in [0.717, 1.165) is 0 Å². The number of hydrogen-bond donors (Lipinski definition) is 1. The summed E-state index contributed by atoms with van der Waals surface area (Å²) in [6.45, 7) is 12.0. The van der Waals surface area contributed by atoms with E-state index in [4.69, 9.17) is 4.74 Å². The molecule has 0 aromatic rings. The standard InChI is InChI=1S/C13H22N2O3/c1-6-9(2)11(16)14-10-7-15(8-10)12(17)18-13(3,4)5/h10H,2,6-8H2,1,3-5H3,(H,14,16). The number of nitrogens with zero attached hydrogens (tertiary/aromatic N) is 1. The maximum atomic E-state index is 11.6. The summed E-state index contributed by atoms with van der Waals surface area (Å²) in [5.74, 6) is -0.133. The van der Waals surface area contributed by atoms with Gasteiger partial charge in [-0.1, -0.05) is 13.5 Å². The molecule has 1 fully saturated rings. The summed E-state index contributed by atoms with van der Waals surface area (Å²) < 4.78 is 5.22. The Morgan fingerprint density at radius 3 is 2.39 bits per heavy atom. The highest BCUT2D eigenvalue weighted by molar-refractivity contribution is 5.93. The van der Waals surface area contributed by atoms with Gasteiger partial charge in [0.2, 0.25) is 5.91 Å². The molecular formula is C13H22N2O3. The number of carbonyl (C=O) groups excluding carboxylic acids is 2. The molecule has 1 aliphatic rings. The van der Waals surface area contributed by atoms with Gasteiger partial charge in [-0.05, 0) is 27.2 Å². The second-order valence-corrected chi connectivity index (χ2v) is 5.51. The van der Waals surface area contributed by atoms with Crippen LogP contribution in [0.25, 0.3) is 0 Å². The van der Waals surface area contributed by atoms with E-state index in [1.54, 1.807) is 4.90 Å². The van der Waals surface area contributed by atoms with E-state index in [0.29, 0.717) is 25.1 Å². The molecule has 1 N–H and O–H groups in total. The fourth-order valence-electron chi connectivity index (χ4n) is 1.49. The summed E-state index contributed by atoms with van der Waals surface area (Å²) in [5, 5.41) is 2.83. The third-order valence-electron chi connectivity index (χ3n) is 2.62. The molecule has 102 valence electrons. The van der Waals surface area contributed by atoms with Crippen LogP contribution in [-0.4, -0.2) is 41.6 Å². The van der Waals surface area contributed by atoms with E-state index in [1.165, 1.54) is 0 Å². The van der Waals surface area contributed by atoms with Crippen molar-refractivity contribution in [3.8, 4) is 0 Å². The monoisotopic (exact) mass is 254 g/mol. The van der Waals surface area contributed by atoms with Crippen LogP contribution in [0, 0.1) is 0 Å². The SMILES string of the molecule is C=C(CC)C(=O)NC1CN(C(=O)OC(C)(C)C)C1. The first kappa shape index (κ1) is 14.5. The predicted octanol–water partition coefficient (Wildman–Crippen LogP) is 1.69. The molecule has 0 unspecified atom stereocenters. The highest BCUT2D eigenvalue weighted by atomic mass is 16.6. The van der Waals surface area contributed by atoms with Crippen molar-refractivity contribution in [1.29, 1.82) is 0 Å². The Bertz CT molecular complexity index is 352. The fourth-order valence-corrected chi connectivity index (χ4v) is 1.49. The van der Waals surface area contributed by atoms with Gasteiger partial charge in [0.1, 0.15) is 5.60 Å². The van der Waals surface area contributed by atoms with Crippen molar-refractivity contribution in [3.63, 3.8) is 0 Å². The minimum Gasteiger partial charge on any atom is -0.444 e. The molecule has 0 aromatic carbocycles. The number of ether oxygens (including phenoxy) is 1. The average Bonchev–Trinajstić information content (AvgIpc) is 2.18. The van der Waals surface area contributed by atoms with E-state index < -0.39 is 5.60 Å². The van der Waals surface area contributed by atoms with Crippen LogP contribution in [0.4, 0.5) is 4.79 Å². The van der Waals surface area contributed by atoms with Gasteiger partial charge in [0.05, 0.1) is 6.04 Å². The molecule has 0 bridgehead atoms. The smallest absolute Gasteiger partial charge is 0.410 e. The quantitative estimate of drug-likeness (QED) is 0.780. The summed E-state index contributed by atoms with van der Waals surface area (Å²) in [6.07, 6.45) is 0.302. The van der Waals surface area contributed by atoms with Gasteiger partial charge in [-0.25, -0.2) is 4.79 Å². The van der Waals surface area contributed by atoms with E-state index >= 15 is 0 Å². The van der Waals surface area contributed by atoms with Gasteiger partial charge in [-0.3, -0.25) is 4.79 Å². The van der Waals surface area contributed by atoms with Crippen molar-refractivity contribution in [1.82, 2.24) is 10.2 Å². The molecule has 1 heterocycles. The van der Waals surface area contributed by atoms with Crippen molar-refractivity contribution in [3.05, 3.63) is 12.2 Å². The summed E-state index contributed by atoms with van der Waals surface area (Å²) in [4.78, 5) is 24.7. The third-order valence-corrected chi connectivity index (χ3v) is 2.62. The Hall–Kier alpha value is -1.52. The van der Waals surface area contributed by atoms with Gasteiger partial charge in [0.25, 0.3) is 0 Å². The lowest BCUT2D eigenvalue weighted by Crippen LogP contribution is -2.61. The van der Waals surface area contributed by atoms with Crippen LogP contribution in [0.15, 0.2) is 12.2 Å². The predicted molar refractivity (Wildman–Crippen MR) is 69.2 cm³/mol. The highest BCUT2D eigenvalue weighted by Gasteiger charge is 2.34. The van der Waals surface area contributed by atoms with Gasteiger partial charge >= 0.3 is 6.09 Å². The molecule has 5 heteroatoms. The molecule has 18 heavy (non-hydrogen) atoms. The maximum Gasteiger partial charge on any atom is 0.410 e. The Morgan fingerprint density at radius 1 is 1.39 bits per heavy atom. The minimum absolute atomic E-state index is 0.00770. The Kier molecular flexibility index (Phi) is 4.38. The van der Waals surface area contributed by atoms with Crippen LogP contribution in [-0.2, 0) is 9.53 Å². The zero-order valence-electron chi connectivity index (χ0n) is 11.6. The summed E-state index contributed by atoms with van der Waals surface area (Å²) in [6, 6.07) is 0.00770. The molecule has 0 atom stereocenters. The largest absolute Gasteiger partial charge is 0.444 e. The van der Waals surface area contributed by atoms with Crippen molar-refractivity contribution < 1.29 is 14.3 Å². The lowest BCUT2D eigenvalue weighted by Gasteiger charge is -2.40. The molecular weight excluding hydrogens is 232 g/mol. The van der Waals surface area contributed by atoms with Crippen LogP contribution in [0.5, 0.6) is 0 Å². The van der Waals surface area contributed by atoms with Crippen molar-refractivity contribution >= 4 is 12.0 Å². The number of amides is 2. The lowest BCUT2D eigenvalue weighted by molar-refractivity contribution is -0.119. The molecule has 1 aliphatic heterocycles. The van der Waals surface area contributed by atoms with Crippen molar-refractivity contribution in [2.45, 2.75) is 45.8 Å². The summed E-state index contributed by atoms with van der Waals surface area (Å²) in [5.41, 5.74) is 0.0766. The number of carbonyl (C=O) groups is 2. The van der Waals surface area contributed by atoms with Crippen LogP contribution < -0.4 is 5.32 Å². The van der Waals surface area contributed by atoms with Gasteiger partial charge in [-0.15, -0.1) is 0 Å². The fraction of sp³-hybridized carbons (Fsp3) is 0.692. The van der Waals surface area contributed by atoms with Gasteiger partial charge in [0, 0.05) is 18.7 Å².